The molecule has 3 N–H and O–H groups in total. The van der Waals surface area contributed by atoms with Crippen LogP contribution in [0.15, 0.2) is 0 Å². The number of carbonyl (C=O) groups is 4. The molecule has 0 spiro atoms. The Morgan fingerprint density at radius 1 is 0.600 bits per heavy atom. The van der Waals surface area contributed by atoms with Gasteiger partial charge in [-0.3, -0.25) is 23.7 Å². The molecule has 0 amide bonds. The standard InChI is InChI=1S/C25H44O9S/c1-4-6-8-10-12-14-16-18-20(26)25(23(30)31,24(3,22(28)29)35(32,33)34)21(27)19-17-15-13-11-9-7-5-2/h4-19H2,1-3H3,(H,28,29)(H,30,31)(H,32,33,34). The summed E-state index contributed by atoms with van der Waals surface area (Å²) in [5.41, 5.74) is -3.43. The second-order valence-corrected chi connectivity index (χ2v) is 11.2. The number of hydrogen-bond donors (Lipinski definition) is 3. The number of aliphatic carboxylic acids is 2. The molecule has 0 aromatic carbocycles. The number of carboxylic acids is 2. The molecule has 0 aliphatic carbocycles. The topological polar surface area (TPSA) is 163 Å². The summed E-state index contributed by atoms with van der Waals surface area (Å²) >= 11 is 0. The Kier molecular flexibility index (Phi) is 15.2. The van der Waals surface area contributed by atoms with Crippen molar-refractivity contribution in [2.75, 3.05) is 0 Å². The quantitative estimate of drug-likeness (QED) is 0.0987. The van der Waals surface area contributed by atoms with E-state index < -0.39 is 56.6 Å². The van der Waals surface area contributed by atoms with Crippen molar-refractivity contribution in [2.45, 2.75) is 128 Å². The molecule has 0 radical (unpaired) electrons. The maximum Gasteiger partial charge on any atom is 0.329 e. The highest BCUT2D eigenvalue weighted by atomic mass is 32.2. The predicted octanol–water partition coefficient (Wildman–Crippen LogP) is 5.21. The third kappa shape index (κ3) is 8.66. The van der Waals surface area contributed by atoms with Gasteiger partial charge in [0.25, 0.3) is 10.1 Å². The van der Waals surface area contributed by atoms with Crippen LogP contribution in [0.4, 0.5) is 0 Å². The highest BCUT2D eigenvalue weighted by Gasteiger charge is 2.73. The van der Waals surface area contributed by atoms with Gasteiger partial charge in [0.1, 0.15) is 0 Å². The fourth-order valence-electron chi connectivity index (χ4n) is 4.45. The summed E-state index contributed by atoms with van der Waals surface area (Å²) in [6.45, 7) is 4.58. The van der Waals surface area contributed by atoms with Gasteiger partial charge in [0.2, 0.25) is 10.2 Å². The van der Waals surface area contributed by atoms with Crippen molar-refractivity contribution in [3.63, 3.8) is 0 Å². The SMILES string of the molecule is CCCCCCCCCC(=O)C(C(=O)O)(C(=O)CCCCCCCCC)C(C)(C(=O)O)S(=O)(=O)O. The van der Waals surface area contributed by atoms with E-state index in [9.17, 15) is 42.4 Å². The van der Waals surface area contributed by atoms with Crippen LogP contribution in [0.2, 0.25) is 0 Å². The van der Waals surface area contributed by atoms with Crippen molar-refractivity contribution < 1.29 is 42.4 Å². The summed E-state index contributed by atoms with van der Waals surface area (Å²) in [7, 11) is -5.67. The Hall–Kier alpha value is -1.81. The molecule has 1 unspecified atom stereocenters. The molecule has 0 saturated carbocycles. The average molecular weight is 521 g/mol. The van der Waals surface area contributed by atoms with E-state index in [1.54, 1.807) is 0 Å². The highest BCUT2D eigenvalue weighted by Crippen LogP contribution is 2.43. The van der Waals surface area contributed by atoms with E-state index in [1.165, 1.54) is 0 Å². The van der Waals surface area contributed by atoms with Crippen molar-refractivity contribution in [1.29, 1.82) is 0 Å². The molecular weight excluding hydrogens is 476 g/mol. The normalized spacial score (nSPS) is 13.8. The third-order valence-corrected chi connectivity index (χ3v) is 8.32. The van der Waals surface area contributed by atoms with Crippen LogP contribution in [-0.4, -0.2) is 51.4 Å². The third-order valence-electron chi connectivity index (χ3n) is 6.81. The first kappa shape index (κ1) is 33.2. The van der Waals surface area contributed by atoms with Crippen LogP contribution in [0.1, 0.15) is 124 Å². The van der Waals surface area contributed by atoms with Crippen LogP contribution in [-0.2, 0) is 29.3 Å². The second-order valence-electron chi connectivity index (χ2n) is 9.46. The Morgan fingerprint density at radius 3 is 1.17 bits per heavy atom. The molecule has 0 aliphatic rings. The number of carbonyl (C=O) groups excluding carboxylic acids is 2. The summed E-state index contributed by atoms with van der Waals surface area (Å²) in [4.78, 5) is 51.0. The predicted molar refractivity (Wildman–Crippen MR) is 133 cm³/mol. The van der Waals surface area contributed by atoms with E-state index in [-0.39, 0.29) is 12.8 Å². The molecular formula is C25H44O9S. The summed E-state index contributed by atoms with van der Waals surface area (Å²) in [6.07, 6.45) is 10.2. The Bertz CT molecular complexity index is 774. The number of Topliss-reactive ketones (excluding diaryl/α,β-unsaturated/α-hetero) is 2. The van der Waals surface area contributed by atoms with E-state index in [0.29, 0.717) is 19.8 Å². The summed E-state index contributed by atoms with van der Waals surface area (Å²) in [6, 6.07) is 0. The van der Waals surface area contributed by atoms with E-state index in [4.69, 9.17) is 0 Å². The highest BCUT2D eigenvalue weighted by molar-refractivity contribution is 7.88. The molecule has 0 fully saturated rings. The fourth-order valence-corrected chi connectivity index (χ4v) is 5.38. The largest absolute Gasteiger partial charge is 0.480 e. The first-order valence-electron chi connectivity index (χ1n) is 12.9. The molecule has 0 bridgehead atoms. The Morgan fingerprint density at radius 2 is 0.914 bits per heavy atom. The number of ketones is 2. The average Bonchev–Trinajstić information content (AvgIpc) is 2.77. The van der Waals surface area contributed by atoms with Gasteiger partial charge >= 0.3 is 11.9 Å². The van der Waals surface area contributed by atoms with Crippen molar-refractivity contribution in [3.8, 4) is 0 Å². The number of unbranched alkanes of at least 4 members (excludes halogenated alkanes) is 12. The number of hydrogen-bond acceptors (Lipinski definition) is 6. The molecule has 0 aromatic heterocycles. The zero-order valence-electron chi connectivity index (χ0n) is 21.5. The monoisotopic (exact) mass is 520 g/mol. The Balaban J connectivity index is 5.84. The van der Waals surface area contributed by atoms with Crippen LogP contribution < -0.4 is 0 Å². The zero-order valence-corrected chi connectivity index (χ0v) is 22.3. The maximum atomic E-state index is 13.2. The second kappa shape index (κ2) is 16.0. The molecule has 0 saturated heterocycles. The number of carboxylic acid groups (broad SMARTS) is 2. The molecule has 0 aliphatic heterocycles. The van der Waals surface area contributed by atoms with Crippen LogP contribution >= 0.6 is 0 Å². The van der Waals surface area contributed by atoms with Gasteiger partial charge in [-0.2, -0.15) is 8.42 Å². The molecule has 1 atom stereocenters. The van der Waals surface area contributed by atoms with Crippen LogP contribution in [0.3, 0.4) is 0 Å². The molecule has 10 heteroatoms. The molecule has 35 heavy (non-hydrogen) atoms. The minimum Gasteiger partial charge on any atom is -0.480 e. The van der Waals surface area contributed by atoms with Gasteiger partial charge < -0.3 is 10.2 Å². The maximum absolute atomic E-state index is 13.2. The lowest BCUT2D eigenvalue weighted by atomic mass is 9.66. The smallest absolute Gasteiger partial charge is 0.329 e. The first-order chi connectivity index (χ1) is 16.3. The van der Waals surface area contributed by atoms with Crippen molar-refractivity contribution >= 4 is 33.6 Å². The van der Waals surface area contributed by atoms with Crippen LogP contribution in [0, 0.1) is 5.41 Å². The summed E-state index contributed by atoms with van der Waals surface area (Å²) < 4.78 is 30.7. The van der Waals surface area contributed by atoms with Gasteiger partial charge in [0.05, 0.1) is 0 Å². The van der Waals surface area contributed by atoms with Gasteiger partial charge in [0, 0.05) is 12.8 Å². The molecule has 0 aromatic rings. The number of rotatable bonds is 22. The van der Waals surface area contributed by atoms with Gasteiger partial charge in [-0.1, -0.05) is 90.9 Å². The van der Waals surface area contributed by atoms with E-state index in [2.05, 4.69) is 13.8 Å². The lowest BCUT2D eigenvalue weighted by Gasteiger charge is -2.37. The summed E-state index contributed by atoms with van der Waals surface area (Å²) in [5, 5.41) is 19.8. The van der Waals surface area contributed by atoms with Crippen molar-refractivity contribution in [1.82, 2.24) is 0 Å². The van der Waals surface area contributed by atoms with Crippen LogP contribution in [0.25, 0.3) is 0 Å². The van der Waals surface area contributed by atoms with Gasteiger partial charge in [-0.15, -0.1) is 0 Å². The minimum absolute atomic E-state index is 0.186. The zero-order chi connectivity index (χ0) is 27.1. The van der Waals surface area contributed by atoms with E-state index >= 15 is 0 Å². The van der Waals surface area contributed by atoms with Crippen molar-refractivity contribution in [2.24, 2.45) is 5.41 Å². The van der Waals surface area contributed by atoms with Gasteiger partial charge in [-0.05, 0) is 19.8 Å². The fraction of sp³-hybridized carbons (Fsp3) is 0.840. The van der Waals surface area contributed by atoms with E-state index in [0.717, 1.165) is 64.2 Å². The molecule has 0 heterocycles. The lowest BCUT2D eigenvalue weighted by molar-refractivity contribution is -0.169. The van der Waals surface area contributed by atoms with Crippen molar-refractivity contribution in [3.05, 3.63) is 0 Å². The minimum atomic E-state index is -5.67. The Labute approximate surface area is 209 Å². The van der Waals surface area contributed by atoms with E-state index in [1.807, 2.05) is 0 Å². The molecule has 0 rings (SSSR count). The lowest BCUT2D eigenvalue weighted by Crippen LogP contribution is -2.67. The molecule has 9 nitrogen and oxygen atoms in total. The van der Waals surface area contributed by atoms with Crippen LogP contribution in [0.5, 0.6) is 0 Å². The summed E-state index contributed by atoms with van der Waals surface area (Å²) in [5.74, 6) is -7.02. The molecule has 204 valence electrons. The first-order valence-corrected chi connectivity index (χ1v) is 14.3. The van der Waals surface area contributed by atoms with Gasteiger partial charge in [-0.25, -0.2) is 0 Å². The van der Waals surface area contributed by atoms with Gasteiger partial charge in [0.15, 0.2) is 11.6 Å².